The Kier molecular flexibility index (Phi) is 6.27. The van der Waals surface area contributed by atoms with E-state index < -0.39 is 48.8 Å². The summed E-state index contributed by atoms with van der Waals surface area (Å²) in [5.74, 6) is -4.32. The number of carboxylic acid groups (broad SMARTS) is 1. The second-order valence-electron chi connectivity index (χ2n) is 4.92. The highest BCUT2D eigenvalue weighted by molar-refractivity contribution is 5.98. The average molecular weight is 350 g/mol. The molecular formula is C14H14F4N2O4. The summed E-state index contributed by atoms with van der Waals surface area (Å²) in [6.45, 7) is -0.206. The van der Waals surface area contributed by atoms with Gasteiger partial charge in [0.1, 0.15) is 18.8 Å². The van der Waals surface area contributed by atoms with Crippen LogP contribution in [-0.2, 0) is 14.4 Å². The fourth-order valence-corrected chi connectivity index (χ4v) is 1.75. The third kappa shape index (κ3) is 6.23. The van der Waals surface area contributed by atoms with Crippen LogP contribution in [0, 0.1) is 12.7 Å². The van der Waals surface area contributed by atoms with E-state index in [1.807, 2.05) is 5.32 Å². The molecule has 0 heterocycles. The van der Waals surface area contributed by atoms with Crippen molar-refractivity contribution in [2.45, 2.75) is 25.6 Å². The minimum absolute atomic E-state index is 0.0606. The van der Waals surface area contributed by atoms with Gasteiger partial charge in [-0.05, 0) is 24.1 Å². The lowest BCUT2D eigenvalue weighted by atomic mass is 10.0. The maximum absolute atomic E-state index is 13.2. The minimum Gasteiger partial charge on any atom is -0.479 e. The Hall–Kier alpha value is -2.65. The average Bonchev–Trinajstić information content (AvgIpc) is 2.44. The number of halogens is 4. The first kappa shape index (κ1) is 19.4. The van der Waals surface area contributed by atoms with Gasteiger partial charge < -0.3 is 15.7 Å². The first-order valence-corrected chi connectivity index (χ1v) is 6.61. The number of nitrogens with one attached hydrogen (secondary N) is 2. The Bertz CT molecular complexity index is 646. The molecule has 0 aliphatic carbocycles. The molecule has 1 rings (SSSR count). The second-order valence-corrected chi connectivity index (χ2v) is 4.92. The number of rotatable bonds is 6. The third-order valence-electron chi connectivity index (χ3n) is 2.87. The summed E-state index contributed by atoms with van der Waals surface area (Å²) in [6.07, 6.45) is -5.60. The molecule has 6 nitrogen and oxygen atoms in total. The van der Waals surface area contributed by atoms with Gasteiger partial charge in [0.25, 0.3) is 0 Å². The molecule has 0 saturated carbocycles. The van der Waals surface area contributed by atoms with Gasteiger partial charge in [0.15, 0.2) is 6.04 Å². The fraction of sp³-hybridized carbons (Fsp3) is 0.357. The number of carbonyl (C=O) groups excluding carboxylic acids is 2. The van der Waals surface area contributed by atoms with Gasteiger partial charge in [-0.3, -0.25) is 9.59 Å². The van der Waals surface area contributed by atoms with Crippen LogP contribution >= 0.6 is 0 Å². The normalized spacial score (nSPS) is 12.4. The van der Waals surface area contributed by atoms with Crippen molar-refractivity contribution in [3.63, 3.8) is 0 Å². The number of hydrogen-bond acceptors (Lipinski definition) is 3. The molecule has 0 fully saturated rings. The molecule has 0 spiro atoms. The van der Waals surface area contributed by atoms with E-state index in [9.17, 15) is 31.9 Å². The lowest BCUT2D eigenvalue weighted by Gasteiger charge is -2.16. The van der Waals surface area contributed by atoms with Crippen LogP contribution in [0.2, 0.25) is 0 Å². The van der Waals surface area contributed by atoms with Crippen LogP contribution in [0.5, 0.6) is 0 Å². The van der Waals surface area contributed by atoms with E-state index in [-0.39, 0.29) is 11.1 Å². The van der Waals surface area contributed by atoms with Crippen molar-refractivity contribution in [1.29, 1.82) is 0 Å². The summed E-state index contributed by atoms with van der Waals surface area (Å²) in [7, 11) is 0. The number of benzene rings is 1. The van der Waals surface area contributed by atoms with Crippen molar-refractivity contribution in [3.05, 3.63) is 35.1 Å². The maximum Gasteiger partial charge on any atom is 0.405 e. The SMILES string of the molecule is Cc1cc(C(NC(=O)CC(=O)NCC(F)(F)F)C(=O)O)ccc1F. The number of aliphatic carboxylic acids is 1. The molecule has 1 atom stereocenters. The van der Waals surface area contributed by atoms with Crippen LogP contribution in [0.3, 0.4) is 0 Å². The van der Waals surface area contributed by atoms with Crippen LogP contribution in [-0.4, -0.2) is 35.6 Å². The summed E-state index contributed by atoms with van der Waals surface area (Å²) in [4.78, 5) is 34.1. The van der Waals surface area contributed by atoms with Gasteiger partial charge in [-0.25, -0.2) is 9.18 Å². The van der Waals surface area contributed by atoms with Gasteiger partial charge >= 0.3 is 12.1 Å². The molecule has 0 radical (unpaired) electrons. The molecule has 3 N–H and O–H groups in total. The zero-order chi connectivity index (χ0) is 18.5. The molecule has 0 aliphatic rings. The summed E-state index contributed by atoms with van der Waals surface area (Å²) < 4.78 is 49.0. The standard InChI is InChI=1S/C14H14F4N2O4/c1-7-4-8(2-3-9(7)15)12(13(23)24)20-11(22)5-10(21)19-6-14(16,17)18/h2-4,12H,5-6H2,1H3,(H,19,21)(H,20,22)(H,23,24). The van der Waals surface area contributed by atoms with E-state index in [0.717, 1.165) is 12.1 Å². The largest absolute Gasteiger partial charge is 0.479 e. The third-order valence-corrected chi connectivity index (χ3v) is 2.87. The van der Waals surface area contributed by atoms with E-state index in [2.05, 4.69) is 0 Å². The van der Waals surface area contributed by atoms with Crippen molar-refractivity contribution in [3.8, 4) is 0 Å². The Labute approximate surface area is 133 Å². The molecule has 0 bridgehead atoms. The molecule has 0 aromatic heterocycles. The van der Waals surface area contributed by atoms with E-state index in [0.29, 0.717) is 0 Å². The van der Waals surface area contributed by atoms with Crippen molar-refractivity contribution >= 4 is 17.8 Å². The van der Waals surface area contributed by atoms with Gasteiger partial charge in [0, 0.05) is 0 Å². The van der Waals surface area contributed by atoms with Crippen LogP contribution in [0.4, 0.5) is 17.6 Å². The molecule has 1 aromatic rings. The zero-order valence-corrected chi connectivity index (χ0v) is 12.4. The van der Waals surface area contributed by atoms with E-state index >= 15 is 0 Å². The molecule has 10 heteroatoms. The fourth-order valence-electron chi connectivity index (χ4n) is 1.75. The van der Waals surface area contributed by atoms with Crippen molar-refractivity contribution in [1.82, 2.24) is 10.6 Å². The van der Waals surface area contributed by atoms with Gasteiger partial charge in [0.05, 0.1) is 0 Å². The monoisotopic (exact) mass is 350 g/mol. The van der Waals surface area contributed by atoms with Crippen LogP contribution in [0.1, 0.15) is 23.6 Å². The molecule has 1 aromatic carbocycles. The quantitative estimate of drug-likeness (QED) is 0.534. The molecule has 132 valence electrons. The topological polar surface area (TPSA) is 95.5 Å². The Morgan fingerprint density at radius 2 is 1.83 bits per heavy atom. The van der Waals surface area contributed by atoms with Crippen molar-refractivity contribution in [2.75, 3.05) is 6.54 Å². The van der Waals surface area contributed by atoms with E-state index in [1.165, 1.54) is 18.3 Å². The lowest BCUT2D eigenvalue weighted by Crippen LogP contribution is -2.39. The first-order chi connectivity index (χ1) is 11.0. The Balaban J connectivity index is 2.71. The van der Waals surface area contributed by atoms with Gasteiger partial charge in [-0.2, -0.15) is 13.2 Å². The maximum atomic E-state index is 13.2. The summed E-state index contributed by atoms with van der Waals surface area (Å²) in [5, 5.41) is 12.6. The molecule has 0 saturated heterocycles. The van der Waals surface area contributed by atoms with E-state index in [1.54, 1.807) is 0 Å². The molecule has 2 amide bonds. The number of hydrogen-bond donors (Lipinski definition) is 3. The van der Waals surface area contributed by atoms with Crippen molar-refractivity contribution < 1.29 is 37.1 Å². The molecule has 1 unspecified atom stereocenters. The minimum atomic E-state index is -4.62. The smallest absolute Gasteiger partial charge is 0.405 e. The number of carbonyl (C=O) groups is 3. The lowest BCUT2D eigenvalue weighted by molar-refractivity contribution is -0.144. The van der Waals surface area contributed by atoms with Gasteiger partial charge in [-0.1, -0.05) is 12.1 Å². The van der Waals surface area contributed by atoms with Crippen LogP contribution in [0.25, 0.3) is 0 Å². The van der Waals surface area contributed by atoms with Crippen LogP contribution < -0.4 is 10.6 Å². The number of alkyl halides is 3. The number of amides is 2. The predicted octanol–water partition coefficient (Wildman–Crippen LogP) is 1.44. The highest BCUT2D eigenvalue weighted by atomic mass is 19.4. The predicted molar refractivity (Wildman–Crippen MR) is 73.3 cm³/mol. The van der Waals surface area contributed by atoms with Gasteiger partial charge in [-0.15, -0.1) is 0 Å². The Morgan fingerprint density at radius 3 is 2.33 bits per heavy atom. The number of aryl methyl sites for hydroxylation is 1. The van der Waals surface area contributed by atoms with Crippen molar-refractivity contribution in [2.24, 2.45) is 0 Å². The second kappa shape index (κ2) is 7.75. The highest BCUT2D eigenvalue weighted by Crippen LogP contribution is 2.17. The Morgan fingerprint density at radius 1 is 1.21 bits per heavy atom. The molecule has 24 heavy (non-hydrogen) atoms. The van der Waals surface area contributed by atoms with E-state index in [4.69, 9.17) is 5.11 Å². The molecule has 0 aliphatic heterocycles. The number of carboxylic acids is 1. The summed E-state index contributed by atoms with van der Waals surface area (Å²) >= 11 is 0. The molecular weight excluding hydrogens is 336 g/mol. The van der Waals surface area contributed by atoms with Gasteiger partial charge in [0.2, 0.25) is 11.8 Å². The van der Waals surface area contributed by atoms with Crippen LogP contribution in [0.15, 0.2) is 18.2 Å². The summed E-state index contributed by atoms with van der Waals surface area (Å²) in [6, 6.07) is 1.80. The summed E-state index contributed by atoms with van der Waals surface area (Å²) in [5.41, 5.74) is 0.210. The first-order valence-electron chi connectivity index (χ1n) is 6.61. The zero-order valence-electron chi connectivity index (χ0n) is 12.4. The highest BCUT2D eigenvalue weighted by Gasteiger charge is 2.29.